The average molecular weight is 369 g/mol. The summed E-state index contributed by atoms with van der Waals surface area (Å²) in [4.78, 5) is 0. The van der Waals surface area contributed by atoms with Gasteiger partial charge in [0.25, 0.3) is 0 Å². The fraction of sp³-hybridized carbons (Fsp3) is 0.560. The van der Waals surface area contributed by atoms with Crippen molar-refractivity contribution in [3.63, 3.8) is 0 Å². The van der Waals surface area contributed by atoms with E-state index >= 15 is 0 Å². The SMILES string of the molecule is CCCCCc1ccc(OCCC[n+]2ccc(C)cc2)c(CCCCC)c1. The van der Waals surface area contributed by atoms with Crippen LogP contribution in [0, 0.1) is 6.92 Å². The van der Waals surface area contributed by atoms with E-state index in [0.717, 1.165) is 31.7 Å². The van der Waals surface area contributed by atoms with Gasteiger partial charge in [-0.2, -0.15) is 0 Å². The summed E-state index contributed by atoms with van der Waals surface area (Å²) in [6.07, 6.45) is 15.4. The Labute approximate surface area is 166 Å². The predicted octanol–water partition coefficient (Wildman–Crippen LogP) is 6.22. The van der Waals surface area contributed by atoms with Crippen LogP contribution in [0.4, 0.5) is 0 Å². The largest absolute Gasteiger partial charge is 0.493 e. The first-order valence-corrected chi connectivity index (χ1v) is 10.9. The lowest BCUT2D eigenvalue weighted by atomic mass is 10.00. The van der Waals surface area contributed by atoms with E-state index in [4.69, 9.17) is 4.74 Å². The van der Waals surface area contributed by atoms with Crippen molar-refractivity contribution in [3.05, 3.63) is 59.4 Å². The maximum absolute atomic E-state index is 6.18. The number of nitrogens with zero attached hydrogens (tertiary/aromatic N) is 1. The van der Waals surface area contributed by atoms with Crippen molar-refractivity contribution in [1.82, 2.24) is 0 Å². The average Bonchev–Trinajstić information content (AvgIpc) is 2.68. The highest BCUT2D eigenvalue weighted by atomic mass is 16.5. The Balaban J connectivity index is 1.88. The molecule has 2 rings (SSSR count). The second kappa shape index (κ2) is 12.5. The summed E-state index contributed by atoms with van der Waals surface area (Å²) in [5.41, 5.74) is 4.18. The highest BCUT2D eigenvalue weighted by Crippen LogP contribution is 2.24. The third-order valence-electron chi connectivity index (χ3n) is 5.12. The Hall–Kier alpha value is -1.83. The highest BCUT2D eigenvalue weighted by molar-refractivity contribution is 5.37. The Bertz CT molecular complexity index is 648. The third-order valence-corrected chi connectivity index (χ3v) is 5.12. The summed E-state index contributed by atoms with van der Waals surface area (Å²) >= 11 is 0. The second-order valence-corrected chi connectivity index (χ2v) is 7.67. The quantitative estimate of drug-likeness (QED) is 0.302. The first kappa shape index (κ1) is 21.5. The summed E-state index contributed by atoms with van der Waals surface area (Å²) in [5, 5.41) is 0. The number of rotatable bonds is 13. The number of unbranched alkanes of at least 4 members (excludes halogenated alkanes) is 4. The van der Waals surface area contributed by atoms with Crippen LogP contribution in [0.5, 0.6) is 5.75 Å². The van der Waals surface area contributed by atoms with Crippen molar-refractivity contribution in [2.24, 2.45) is 0 Å². The minimum atomic E-state index is 0.775. The van der Waals surface area contributed by atoms with Gasteiger partial charge in [0.2, 0.25) is 0 Å². The number of benzene rings is 1. The van der Waals surface area contributed by atoms with Crippen molar-refractivity contribution in [2.45, 2.75) is 85.1 Å². The Morgan fingerprint density at radius 3 is 2.22 bits per heavy atom. The van der Waals surface area contributed by atoms with Gasteiger partial charge in [-0.1, -0.05) is 51.7 Å². The van der Waals surface area contributed by atoms with Gasteiger partial charge < -0.3 is 4.74 Å². The van der Waals surface area contributed by atoms with Gasteiger partial charge in [0.05, 0.1) is 6.61 Å². The molecule has 0 saturated carbocycles. The molecule has 148 valence electrons. The second-order valence-electron chi connectivity index (χ2n) is 7.67. The smallest absolute Gasteiger partial charge is 0.169 e. The van der Waals surface area contributed by atoms with Crippen LogP contribution in [0.3, 0.4) is 0 Å². The molecule has 27 heavy (non-hydrogen) atoms. The minimum Gasteiger partial charge on any atom is -0.493 e. The van der Waals surface area contributed by atoms with E-state index in [9.17, 15) is 0 Å². The van der Waals surface area contributed by atoms with Crippen LogP contribution in [0.25, 0.3) is 0 Å². The molecule has 1 aromatic heterocycles. The molecule has 0 unspecified atom stereocenters. The van der Waals surface area contributed by atoms with Crippen LogP contribution >= 0.6 is 0 Å². The molecule has 0 radical (unpaired) electrons. The number of hydrogen-bond acceptors (Lipinski definition) is 1. The molecular weight excluding hydrogens is 330 g/mol. The summed E-state index contributed by atoms with van der Waals surface area (Å²) in [6, 6.07) is 11.2. The van der Waals surface area contributed by atoms with Gasteiger partial charge in [0, 0.05) is 18.6 Å². The maximum atomic E-state index is 6.18. The summed E-state index contributed by atoms with van der Waals surface area (Å²) in [6.45, 7) is 8.43. The molecule has 0 aliphatic carbocycles. The molecule has 0 aliphatic rings. The fourth-order valence-electron chi connectivity index (χ4n) is 3.38. The molecule has 0 spiro atoms. The van der Waals surface area contributed by atoms with Crippen molar-refractivity contribution >= 4 is 0 Å². The molecule has 2 aromatic rings. The van der Waals surface area contributed by atoms with E-state index in [1.165, 1.54) is 61.6 Å². The number of pyridine rings is 1. The van der Waals surface area contributed by atoms with Gasteiger partial charge in [-0.05, 0) is 55.4 Å². The molecule has 0 saturated heterocycles. The minimum absolute atomic E-state index is 0.775. The zero-order chi connectivity index (χ0) is 19.3. The summed E-state index contributed by atoms with van der Waals surface area (Å²) < 4.78 is 8.41. The van der Waals surface area contributed by atoms with Gasteiger partial charge in [-0.15, -0.1) is 0 Å². The molecule has 0 amide bonds. The van der Waals surface area contributed by atoms with Crippen molar-refractivity contribution < 1.29 is 9.30 Å². The molecular formula is C25H38NO+. The predicted molar refractivity (Wildman–Crippen MR) is 114 cm³/mol. The lowest BCUT2D eigenvalue weighted by Crippen LogP contribution is -2.33. The molecule has 0 aliphatic heterocycles. The van der Waals surface area contributed by atoms with Crippen molar-refractivity contribution in [2.75, 3.05) is 6.61 Å². The summed E-state index contributed by atoms with van der Waals surface area (Å²) in [5.74, 6) is 1.10. The standard InChI is InChI=1S/C25H38NO/c1-4-6-8-11-23-13-14-25(24(21-23)12-9-7-5-2)27-20-10-17-26-18-15-22(3)16-19-26/h13-16,18-19,21H,4-12,17,20H2,1-3H3/q+1. The fourth-order valence-corrected chi connectivity index (χ4v) is 3.38. The van der Waals surface area contributed by atoms with Gasteiger partial charge in [0.15, 0.2) is 18.9 Å². The molecule has 0 atom stereocenters. The van der Waals surface area contributed by atoms with Crippen molar-refractivity contribution in [3.8, 4) is 5.75 Å². The molecule has 0 N–H and O–H groups in total. The van der Waals surface area contributed by atoms with Crippen LogP contribution in [0.1, 0.15) is 75.5 Å². The zero-order valence-electron chi connectivity index (χ0n) is 17.7. The Morgan fingerprint density at radius 2 is 1.52 bits per heavy atom. The van der Waals surface area contributed by atoms with E-state index in [-0.39, 0.29) is 0 Å². The van der Waals surface area contributed by atoms with E-state index in [1.807, 2.05) is 0 Å². The van der Waals surface area contributed by atoms with Crippen LogP contribution in [0.2, 0.25) is 0 Å². The Morgan fingerprint density at radius 1 is 0.815 bits per heavy atom. The van der Waals surface area contributed by atoms with Crippen LogP contribution < -0.4 is 9.30 Å². The number of ether oxygens (including phenoxy) is 1. The number of hydrogen-bond donors (Lipinski definition) is 0. The molecule has 2 heteroatoms. The van der Waals surface area contributed by atoms with Gasteiger partial charge in [0.1, 0.15) is 5.75 Å². The van der Waals surface area contributed by atoms with E-state index in [0.29, 0.717) is 0 Å². The lowest BCUT2D eigenvalue weighted by molar-refractivity contribution is -0.697. The topological polar surface area (TPSA) is 13.1 Å². The number of aryl methyl sites for hydroxylation is 4. The van der Waals surface area contributed by atoms with Crippen LogP contribution in [0.15, 0.2) is 42.7 Å². The monoisotopic (exact) mass is 368 g/mol. The molecule has 0 fully saturated rings. The van der Waals surface area contributed by atoms with E-state index < -0.39 is 0 Å². The molecule has 1 heterocycles. The van der Waals surface area contributed by atoms with Gasteiger partial charge >= 0.3 is 0 Å². The molecule has 1 aromatic carbocycles. The lowest BCUT2D eigenvalue weighted by Gasteiger charge is -2.13. The molecule has 0 bridgehead atoms. The number of aromatic nitrogens is 1. The van der Waals surface area contributed by atoms with Crippen molar-refractivity contribution in [1.29, 1.82) is 0 Å². The third kappa shape index (κ3) is 8.15. The van der Waals surface area contributed by atoms with E-state index in [1.54, 1.807) is 0 Å². The molecule has 2 nitrogen and oxygen atoms in total. The van der Waals surface area contributed by atoms with Crippen LogP contribution in [-0.4, -0.2) is 6.61 Å². The zero-order valence-corrected chi connectivity index (χ0v) is 17.7. The van der Waals surface area contributed by atoms with Gasteiger partial charge in [-0.25, -0.2) is 4.57 Å². The van der Waals surface area contributed by atoms with Gasteiger partial charge in [-0.3, -0.25) is 0 Å². The summed E-state index contributed by atoms with van der Waals surface area (Å²) in [7, 11) is 0. The highest BCUT2D eigenvalue weighted by Gasteiger charge is 2.07. The Kier molecular flexibility index (Phi) is 9.97. The normalized spacial score (nSPS) is 10.9. The van der Waals surface area contributed by atoms with E-state index in [2.05, 4.69) is 68.1 Å². The first-order valence-electron chi connectivity index (χ1n) is 10.9. The maximum Gasteiger partial charge on any atom is 0.169 e. The van der Waals surface area contributed by atoms with Crippen LogP contribution in [-0.2, 0) is 19.4 Å². The first-order chi connectivity index (χ1) is 13.2.